The molecule has 0 aliphatic carbocycles. The van der Waals surface area contributed by atoms with Crippen LogP contribution in [0, 0.1) is 5.92 Å². The Morgan fingerprint density at radius 2 is 1.83 bits per heavy atom. The number of amides is 1. The van der Waals surface area contributed by atoms with E-state index in [0.717, 1.165) is 18.8 Å². The zero-order chi connectivity index (χ0) is 20.4. The van der Waals surface area contributed by atoms with E-state index in [4.69, 9.17) is 11.6 Å². The van der Waals surface area contributed by atoms with Gasteiger partial charge in [-0.15, -0.1) is 0 Å². The summed E-state index contributed by atoms with van der Waals surface area (Å²) in [5.41, 5.74) is 1.09. The Kier molecular flexibility index (Phi) is 5.80. The van der Waals surface area contributed by atoms with Crippen molar-refractivity contribution in [1.29, 1.82) is 0 Å². The van der Waals surface area contributed by atoms with Gasteiger partial charge >= 0.3 is 0 Å². The van der Waals surface area contributed by atoms with E-state index in [1.165, 1.54) is 16.8 Å². The minimum absolute atomic E-state index is 0.0465. The average molecular weight is 438 g/mol. The topological polar surface area (TPSA) is 89.6 Å². The number of piperazine rings is 1. The van der Waals surface area contributed by atoms with Crippen molar-refractivity contribution < 1.29 is 13.2 Å². The van der Waals surface area contributed by atoms with Crippen molar-refractivity contribution in [3.8, 4) is 0 Å². The van der Waals surface area contributed by atoms with Gasteiger partial charge in [0, 0.05) is 50.0 Å². The van der Waals surface area contributed by atoms with E-state index in [-0.39, 0.29) is 23.4 Å². The number of sulfonamides is 1. The highest BCUT2D eigenvalue weighted by molar-refractivity contribution is 7.89. The van der Waals surface area contributed by atoms with Crippen molar-refractivity contribution in [2.75, 3.05) is 44.2 Å². The Labute approximate surface area is 175 Å². The zero-order valence-corrected chi connectivity index (χ0v) is 17.6. The van der Waals surface area contributed by atoms with Gasteiger partial charge in [0.05, 0.1) is 18.4 Å². The van der Waals surface area contributed by atoms with Crippen LogP contribution in [0.15, 0.2) is 41.8 Å². The molecule has 0 radical (unpaired) electrons. The molecule has 3 heterocycles. The number of carbonyl (C=O) groups is 1. The summed E-state index contributed by atoms with van der Waals surface area (Å²) in [6, 6.07) is 7.70. The largest absolute Gasteiger partial charge is 0.368 e. The highest BCUT2D eigenvalue weighted by atomic mass is 35.5. The van der Waals surface area contributed by atoms with Crippen LogP contribution in [0.2, 0.25) is 5.02 Å². The Bertz CT molecular complexity index is 941. The number of aromatic nitrogens is 2. The summed E-state index contributed by atoms with van der Waals surface area (Å²) in [7, 11) is -3.64. The molecule has 1 aromatic heterocycles. The summed E-state index contributed by atoms with van der Waals surface area (Å²) in [5.74, 6) is -0.256. The lowest BCUT2D eigenvalue weighted by atomic mass is 9.97. The Hall–Kier alpha value is -2.10. The first kappa shape index (κ1) is 20.2. The van der Waals surface area contributed by atoms with Gasteiger partial charge in [-0.2, -0.15) is 4.31 Å². The molecule has 0 saturated carbocycles. The lowest BCUT2D eigenvalue weighted by molar-refractivity contribution is -0.137. The molecule has 2 aromatic rings. The van der Waals surface area contributed by atoms with E-state index in [2.05, 4.69) is 14.9 Å². The summed E-state index contributed by atoms with van der Waals surface area (Å²) in [4.78, 5) is 23.6. The molecule has 2 aliphatic rings. The van der Waals surface area contributed by atoms with Crippen molar-refractivity contribution in [1.82, 2.24) is 19.2 Å². The molecule has 1 atom stereocenters. The van der Waals surface area contributed by atoms with Gasteiger partial charge in [-0.3, -0.25) is 4.79 Å². The second-order valence-electron chi connectivity index (χ2n) is 7.41. The predicted molar refractivity (Wildman–Crippen MR) is 110 cm³/mol. The smallest absolute Gasteiger partial charge is 0.260 e. The van der Waals surface area contributed by atoms with Crippen LogP contribution in [0.4, 0.5) is 5.69 Å². The van der Waals surface area contributed by atoms with Crippen LogP contribution < -0.4 is 4.90 Å². The van der Waals surface area contributed by atoms with Crippen LogP contribution >= 0.6 is 11.6 Å². The number of piperidine rings is 1. The van der Waals surface area contributed by atoms with E-state index in [1.807, 2.05) is 29.2 Å². The molecule has 1 amide bonds. The number of carbonyl (C=O) groups excluding carboxylic acids is 1. The monoisotopic (exact) mass is 437 g/mol. The summed E-state index contributed by atoms with van der Waals surface area (Å²) in [6.45, 7) is 3.40. The molecule has 1 N–H and O–H groups in total. The predicted octanol–water partition coefficient (Wildman–Crippen LogP) is 1.81. The van der Waals surface area contributed by atoms with Crippen molar-refractivity contribution >= 4 is 33.2 Å². The number of hydrogen-bond donors (Lipinski definition) is 1. The number of aromatic amines is 1. The average Bonchev–Trinajstić information content (AvgIpc) is 3.30. The molecule has 10 heteroatoms. The molecule has 156 valence electrons. The third-order valence-electron chi connectivity index (χ3n) is 5.61. The van der Waals surface area contributed by atoms with E-state index >= 15 is 0 Å². The van der Waals surface area contributed by atoms with Crippen molar-refractivity contribution in [3.63, 3.8) is 0 Å². The number of benzene rings is 1. The van der Waals surface area contributed by atoms with Crippen LogP contribution in [-0.2, 0) is 14.8 Å². The van der Waals surface area contributed by atoms with Gasteiger partial charge in [-0.1, -0.05) is 11.6 Å². The van der Waals surface area contributed by atoms with Crippen molar-refractivity contribution in [2.24, 2.45) is 5.92 Å². The first-order valence-corrected chi connectivity index (χ1v) is 11.5. The molecule has 0 unspecified atom stereocenters. The lowest BCUT2D eigenvalue weighted by Crippen LogP contribution is -2.53. The van der Waals surface area contributed by atoms with Crippen LogP contribution in [0.25, 0.3) is 0 Å². The van der Waals surface area contributed by atoms with Crippen LogP contribution in [0.1, 0.15) is 12.8 Å². The van der Waals surface area contributed by atoms with Gasteiger partial charge in [0.1, 0.15) is 0 Å². The number of nitrogens with zero attached hydrogens (tertiary/aromatic N) is 4. The zero-order valence-electron chi connectivity index (χ0n) is 16.0. The van der Waals surface area contributed by atoms with Crippen molar-refractivity contribution in [2.45, 2.75) is 17.9 Å². The van der Waals surface area contributed by atoms with E-state index in [1.54, 1.807) is 0 Å². The second kappa shape index (κ2) is 8.33. The maximum Gasteiger partial charge on any atom is 0.260 e. The third kappa shape index (κ3) is 4.26. The standard InChI is InChI=1S/C19H24ClN5O3S/c20-16-3-5-17(6-4-16)23-8-10-24(11-9-23)19(26)15-2-1-7-25(13-15)29(27,28)18-12-21-14-22-18/h3-6,12,14-15H,1-2,7-11,13H2,(H,21,22)/t15-/m1/s1. The summed E-state index contributed by atoms with van der Waals surface area (Å²) in [5, 5.41) is 0.775. The van der Waals surface area contributed by atoms with E-state index < -0.39 is 10.0 Å². The first-order valence-electron chi connectivity index (χ1n) is 9.73. The molecular formula is C19H24ClN5O3S. The molecule has 29 heavy (non-hydrogen) atoms. The summed E-state index contributed by atoms with van der Waals surface area (Å²) in [6.07, 6.45) is 4.04. The maximum absolute atomic E-state index is 13.0. The van der Waals surface area contributed by atoms with Gasteiger partial charge < -0.3 is 14.8 Å². The van der Waals surface area contributed by atoms with Crippen LogP contribution in [0.5, 0.6) is 0 Å². The van der Waals surface area contributed by atoms with E-state index in [0.29, 0.717) is 37.5 Å². The van der Waals surface area contributed by atoms with Gasteiger partial charge in [-0.25, -0.2) is 13.4 Å². The highest BCUT2D eigenvalue weighted by Crippen LogP contribution is 2.25. The normalized spacial score (nSPS) is 21.3. The number of anilines is 1. The summed E-state index contributed by atoms with van der Waals surface area (Å²) >= 11 is 5.95. The maximum atomic E-state index is 13.0. The van der Waals surface area contributed by atoms with Gasteiger partial charge in [0.2, 0.25) is 5.91 Å². The minimum atomic E-state index is -3.64. The minimum Gasteiger partial charge on any atom is -0.368 e. The number of imidazole rings is 1. The Balaban J connectivity index is 1.37. The third-order valence-corrected chi connectivity index (χ3v) is 7.65. The van der Waals surface area contributed by atoms with Gasteiger partial charge in [0.25, 0.3) is 10.0 Å². The molecule has 4 rings (SSSR count). The van der Waals surface area contributed by atoms with Gasteiger partial charge in [-0.05, 0) is 37.1 Å². The number of H-pyrrole nitrogens is 1. The van der Waals surface area contributed by atoms with E-state index in [9.17, 15) is 13.2 Å². The van der Waals surface area contributed by atoms with Crippen molar-refractivity contribution in [3.05, 3.63) is 41.8 Å². The second-order valence-corrected chi connectivity index (χ2v) is 9.75. The fraction of sp³-hybridized carbons (Fsp3) is 0.474. The molecule has 2 fully saturated rings. The van der Waals surface area contributed by atoms with Crippen LogP contribution in [-0.4, -0.2) is 72.8 Å². The molecule has 0 bridgehead atoms. The number of nitrogens with one attached hydrogen (secondary N) is 1. The Morgan fingerprint density at radius 3 is 2.48 bits per heavy atom. The molecule has 1 aromatic carbocycles. The first-order chi connectivity index (χ1) is 13.9. The molecule has 0 spiro atoms. The molecule has 2 saturated heterocycles. The highest BCUT2D eigenvalue weighted by Gasteiger charge is 2.36. The number of hydrogen-bond acceptors (Lipinski definition) is 5. The quantitative estimate of drug-likeness (QED) is 0.787. The molecular weight excluding hydrogens is 414 g/mol. The number of halogens is 1. The van der Waals surface area contributed by atoms with Crippen LogP contribution in [0.3, 0.4) is 0 Å². The molecule has 8 nitrogen and oxygen atoms in total. The van der Waals surface area contributed by atoms with Gasteiger partial charge in [0.15, 0.2) is 5.03 Å². The fourth-order valence-corrected chi connectivity index (χ4v) is 5.53. The summed E-state index contributed by atoms with van der Waals surface area (Å²) < 4.78 is 26.9. The molecule has 2 aliphatic heterocycles. The Morgan fingerprint density at radius 1 is 1.10 bits per heavy atom. The fourth-order valence-electron chi connectivity index (χ4n) is 3.98. The number of rotatable bonds is 4. The SMILES string of the molecule is O=C([C@@H]1CCCN(S(=O)(=O)c2cnc[nH]2)C1)N1CCN(c2ccc(Cl)cc2)CC1. The lowest BCUT2D eigenvalue weighted by Gasteiger charge is -2.39.